The highest BCUT2D eigenvalue weighted by molar-refractivity contribution is 7.20. The Hall–Kier alpha value is -3.72. The van der Waals surface area contributed by atoms with E-state index in [2.05, 4.69) is 10.4 Å². The molecule has 1 saturated heterocycles. The first-order chi connectivity index (χ1) is 16.4. The van der Waals surface area contributed by atoms with Crippen LogP contribution in [0.25, 0.3) is 10.2 Å². The molecule has 174 valence electrons. The van der Waals surface area contributed by atoms with Crippen LogP contribution in [0.5, 0.6) is 5.75 Å². The SMILES string of the molecule is COc1cc(NC(=O)c2cc3c(C)nn(Cc4ccc(F)cc4)c3s2)ccc1N1CCCC1=O. The number of carbonyl (C=O) groups excluding carboxylic acids is 2. The number of nitrogens with zero attached hydrogens (tertiary/aromatic N) is 3. The average Bonchev–Trinajstić information content (AvgIpc) is 3.53. The number of nitrogens with one attached hydrogen (secondary N) is 1. The van der Waals surface area contributed by atoms with Crippen molar-refractivity contribution in [2.45, 2.75) is 26.3 Å². The van der Waals surface area contributed by atoms with Gasteiger partial charge < -0.3 is 15.0 Å². The zero-order valence-electron chi connectivity index (χ0n) is 18.8. The lowest BCUT2D eigenvalue weighted by Gasteiger charge is -2.19. The molecule has 0 radical (unpaired) electrons. The topological polar surface area (TPSA) is 76.5 Å². The lowest BCUT2D eigenvalue weighted by atomic mass is 10.2. The zero-order valence-corrected chi connectivity index (χ0v) is 19.6. The van der Waals surface area contributed by atoms with Gasteiger partial charge in [-0.05, 0) is 49.2 Å². The summed E-state index contributed by atoms with van der Waals surface area (Å²) in [5, 5.41) is 8.42. The molecule has 9 heteroatoms. The number of hydrogen-bond donors (Lipinski definition) is 1. The number of anilines is 2. The van der Waals surface area contributed by atoms with E-state index in [1.165, 1.54) is 23.5 Å². The van der Waals surface area contributed by atoms with E-state index < -0.39 is 0 Å². The lowest BCUT2D eigenvalue weighted by molar-refractivity contribution is -0.117. The van der Waals surface area contributed by atoms with Crippen molar-refractivity contribution in [2.24, 2.45) is 0 Å². The maximum Gasteiger partial charge on any atom is 0.265 e. The molecule has 3 heterocycles. The molecule has 2 aromatic heterocycles. The van der Waals surface area contributed by atoms with E-state index in [4.69, 9.17) is 4.74 Å². The summed E-state index contributed by atoms with van der Waals surface area (Å²) < 4.78 is 20.6. The Morgan fingerprint density at radius 1 is 1.21 bits per heavy atom. The first kappa shape index (κ1) is 22.1. The van der Waals surface area contributed by atoms with Gasteiger partial charge in [0.05, 0.1) is 29.9 Å². The van der Waals surface area contributed by atoms with Gasteiger partial charge in [0.25, 0.3) is 5.91 Å². The van der Waals surface area contributed by atoms with Gasteiger partial charge in [-0.1, -0.05) is 12.1 Å². The minimum absolute atomic E-state index is 0.0745. The Labute approximate surface area is 199 Å². The highest BCUT2D eigenvalue weighted by Gasteiger charge is 2.25. The predicted molar refractivity (Wildman–Crippen MR) is 130 cm³/mol. The molecular weight excluding hydrogens is 455 g/mol. The van der Waals surface area contributed by atoms with Crippen LogP contribution in [-0.4, -0.2) is 35.2 Å². The number of aromatic nitrogens is 2. The molecule has 0 spiro atoms. The number of thiophene rings is 1. The largest absolute Gasteiger partial charge is 0.494 e. The first-order valence-electron chi connectivity index (χ1n) is 10.9. The number of aryl methyl sites for hydroxylation is 1. The van der Waals surface area contributed by atoms with Crippen molar-refractivity contribution in [1.29, 1.82) is 0 Å². The first-order valence-corrected chi connectivity index (χ1v) is 11.8. The van der Waals surface area contributed by atoms with E-state index in [9.17, 15) is 14.0 Å². The molecule has 34 heavy (non-hydrogen) atoms. The van der Waals surface area contributed by atoms with Crippen LogP contribution < -0.4 is 15.0 Å². The van der Waals surface area contributed by atoms with E-state index in [1.54, 1.807) is 42.3 Å². The number of carbonyl (C=O) groups is 2. The minimum Gasteiger partial charge on any atom is -0.494 e. The zero-order chi connectivity index (χ0) is 23.8. The van der Waals surface area contributed by atoms with Crippen molar-refractivity contribution in [3.05, 3.63) is 70.5 Å². The molecule has 1 N–H and O–H groups in total. The van der Waals surface area contributed by atoms with Crippen molar-refractivity contribution in [1.82, 2.24) is 9.78 Å². The Kier molecular flexibility index (Phi) is 5.79. The number of benzene rings is 2. The van der Waals surface area contributed by atoms with E-state index in [0.29, 0.717) is 41.5 Å². The Morgan fingerprint density at radius 3 is 2.71 bits per heavy atom. The van der Waals surface area contributed by atoms with Gasteiger partial charge in [-0.25, -0.2) is 4.39 Å². The van der Waals surface area contributed by atoms with Crippen LogP contribution in [0.2, 0.25) is 0 Å². The summed E-state index contributed by atoms with van der Waals surface area (Å²) in [6.45, 7) is 3.05. The molecule has 4 aromatic rings. The standard InChI is InChI=1S/C25H23FN4O3S/c1-15-19-13-22(34-25(19)30(28-15)14-16-5-7-17(26)8-6-16)24(32)27-18-9-10-20(21(12-18)33-2)29-11-3-4-23(29)31/h5-10,12-13H,3-4,11,14H2,1-2H3,(H,27,32). The number of hydrogen-bond acceptors (Lipinski definition) is 5. The number of rotatable bonds is 6. The third-order valence-electron chi connectivity index (χ3n) is 5.88. The second kappa shape index (κ2) is 8.90. The van der Waals surface area contributed by atoms with Crippen molar-refractivity contribution in [3.8, 4) is 5.75 Å². The Balaban J connectivity index is 1.37. The fourth-order valence-electron chi connectivity index (χ4n) is 4.17. The van der Waals surface area contributed by atoms with Crippen LogP contribution in [0.4, 0.5) is 15.8 Å². The number of fused-ring (bicyclic) bond motifs is 1. The number of amides is 2. The summed E-state index contributed by atoms with van der Waals surface area (Å²) in [4.78, 5) is 28.3. The van der Waals surface area contributed by atoms with Crippen LogP contribution in [0.3, 0.4) is 0 Å². The van der Waals surface area contributed by atoms with Crippen molar-refractivity contribution in [3.63, 3.8) is 0 Å². The summed E-state index contributed by atoms with van der Waals surface area (Å²) in [6, 6.07) is 13.5. The minimum atomic E-state index is -0.280. The molecule has 7 nitrogen and oxygen atoms in total. The Morgan fingerprint density at radius 2 is 2.00 bits per heavy atom. The van der Waals surface area contributed by atoms with Crippen LogP contribution in [0.15, 0.2) is 48.5 Å². The Bertz CT molecular complexity index is 1390. The highest BCUT2D eigenvalue weighted by Crippen LogP contribution is 2.35. The molecule has 1 fully saturated rings. The van der Waals surface area contributed by atoms with E-state index in [1.807, 2.05) is 17.7 Å². The smallest absolute Gasteiger partial charge is 0.265 e. The van der Waals surface area contributed by atoms with Gasteiger partial charge in [-0.15, -0.1) is 11.3 Å². The third kappa shape index (κ3) is 4.14. The van der Waals surface area contributed by atoms with Crippen molar-refractivity contribution < 1.29 is 18.7 Å². The quantitative estimate of drug-likeness (QED) is 0.424. The fraction of sp³-hybridized carbons (Fsp3) is 0.240. The van der Waals surface area contributed by atoms with Gasteiger partial charge in [0.15, 0.2) is 0 Å². The number of methoxy groups -OCH3 is 1. The maximum absolute atomic E-state index is 13.2. The fourth-order valence-corrected chi connectivity index (χ4v) is 5.22. The molecule has 1 aliphatic heterocycles. The third-order valence-corrected chi connectivity index (χ3v) is 7.03. The van der Waals surface area contributed by atoms with Crippen LogP contribution >= 0.6 is 11.3 Å². The van der Waals surface area contributed by atoms with Gasteiger partial charge in [0, 0.05) is 30.1 Å². The van der Waals surface area contributed by atoms with Gasteiger partial charge >= 0.3 is 0 Å². The monoisotopic (exact) mass is 478 g/mol. The number of ether oxygens (including phenoxy) is 1. The molecule has 0 atom stereocenters. The summed E-state index contributed by atoms with van der Waals surface area (Å²) in [5.41, 5.74) is 3.04. The molecule has 2 amide bonds. The van der Waals surface area contributed by atoms with Gasteiger partial charge in [0.1, 0.15) is 16.4 Å². The van der Waals surface area contributed by atoms with E-state index in [-0.39, 0.29) is 17.6 Å². The second-order valence-corrected chi connectivity index (χ2v) is 9.22. The molecular formula is C25H23FN4O3S. The van der Waals surface area contributed by atoms with E-state index >= 15 is 0 Å². The summed E-state index contributed by atoms with van der Waals surface area (Å²) in [5.74, 6) is 0.0962. The van der Waals surface area contributed by atoms with Crippen LogP contribution in [0.1, 0.15) is 33.8 Å². The molecule has 1 aliphatic rings. The summed E-state index contributed by atoms with van der Waals surface area (Å²) in [7, 11) is 1.55. The summed E-state index contributed by atoms with van der Waals surface area (Å²) in [6.07, 6.45) is 1.36. The van der Waals surface area contributed by atoms with Gasteiger partial charge in [-0.2, -0.15) is 5.10 Å². The van der Waals surface area contributed by atoms with Crippen molar-refractivity contribution in [2.75, 3.05) is 23.9 Å². The number of halogens is 1. The van der Waals surface area contributed by atoms with Crippen LogP contribution in [-0.2, 0) is 11.3 Å². The molecule has 2 aromatic carbocycles. The van der Waals surface area contributed by atoms with Gasteiger partial charge in [-0.3, -0.25) is 14.3 Å². The average molecular weight is 479 g/mol. The van der Waals surface area contributed by atoms with Crippen LogP contribution in [0, 0.1) is 12.7 Å². The maximum atomic E-state index is 13.2. The molecule has 0 saturated carbocycles. The summed E-state index contributed by atoms with van der Waals surface area (Å²) >= 11 is 1.36. The van der Waals surface area contributed by atoms with E-state index in [0.717, 1.165) is 27.9 Å². The lowest BCUT2D eigenvalue weighted by Crippen LogP contribution is -2.24. The molecule has 0 aliphatic carbocycles. The predicted octanol–water partition coefficient (Wildman–Crippen LogP) is 4.98. The van der Waals surface area contributed by atoms with Crippen molar-refractivity contribution >= 4 is 44.7 Å². The van der Waals surface area contributed by atoms with Gasteiger partial charge in [0.2, 0.25) is 5.91 Å². The molecule has 0 unspecified atom stereocenters. The normalized spacial score (nSPS) is 13.6. The molecule has 5 rings (SSSR count). The second-order valence-electron chi connectivity index (χ2n) is 8.19. The highest BCUT2D eigenvalue weighted by atomic mass is 32.1. The molecule has 0 bridgehead atoms.